The largest absolute Gasteiger partial charge is 0.497 e. The molecule has 0 radical (unpaired) electrons. The molecule has 4 rings (SSSR count). The molecule has 0 aliphatic carbocycles. The number of anilines is 2. The van der Waals surface area contributed by atoms with E-state index in [-0.39, 0.29) is 6.10 Å². The first-order chi connectivity index (χ1) is 14.2. The molecule has 2 aromatic rings. The first-order valence-corrected chi connectivity index (χ1v) is 10.5. The van der Waals surface area contributed by atoms with Gasteiger partial charge in [-0.1, -0.05) is 0 Å². The van der Waals surface area contributed by atoms with Crippen molar-refractivity contribution in [1.29, 1.82) is 0 Å². The molecule has 1 unspecified atom stereocenters. The summed E-state index contributed by atoms with van der Waals surface area (Å²) >= 11 is 0. The molecule has 1 N–H and O–H groups in total. The molecule has 0 amide bonds. The molecule has 2 fully saturated rings. The van der Waals surface area contributed by atoms with Gasteiger partial charge < -0.3 is 24.4 Å². The maximum absolute atomic E-state index is 9.93. The Bertz CT molecular complexity index is 778. The number of piperidine rings is 2. The number of β-amino-alcohol motifs (C(OH)–C–C–N with tert-alkyl or cyclic N) is 1. The topological polar surface area (TPSA) is 71.0 Å². The fourth-order valence-electron chi connectivity index (χ4n) is 4.02. The molecular weight excluding hydrogens is 368 g/mol. The number of hydrogen-bond donors (Lipinski definition) is 1. The number of aliphatic hydroxyl groups excluding tert-OH is 1. The molecular formula is C22H30N4O3. The van der Waals surface area contributed by atoms with Gasteiger partial charge in [-0.15, -0.1) is 0 Å². The third-order valence-electron chi connectivity index (χ3n) is 5.79. The van der Waals surface area contributed by atoms with E-state index in [2.05, 4.69) is 14.8 Å². The number of aromatic nitrogens is 2. The zero-order valence-corrected chi connectivity index (χ0v) is 17.0. The number of methoxy groups -OCH3 is 1. The van der Waals surface area contributed by atoms with E-state index in [9.17, 15) is 5.11 Å². The van der Waals surface area contributed by atoms with Crippen LogP contribution in [0.25, 0.3) is 0 Å². The quantitative estimate of drug-likeness (QED) is 0.802. The van der Waals surface area contributed by atoms with Gasteiger partial charge in [0.2, 0.25) is 5.95 Å². The Balaban J connectivity index is 1.28. The number of hydrogen-bond acceptors (Lipinski definition) is 7. The maximum Gasteiger partial charge on any atom is 0.227 e. The Kier molecular flexibility index (Phi) is 6.34. The minimum absolute atomic E-state index is 0.261. The second-order valence-electron chi connectivity index (χ2n) is 7.87. The molecule has 3 heterocycles. The van der Waals surface area contributed by atoms with Crippen molar-refractivity contribution in [3.63, 3.8) is 0 Å². The van der Waals surface area contributed by atoms with E-state index < -0.39 is 0 Å². The van der Waals surface area contributed by atoms with Crippen LogP contribution in [0.4, 0.5) is 11.8 Å². The van der Waals surface area contributed by atoms with E-state index in [1.165, 1.54) is 0 Å². The highest BCUT2D eigenvalue weighted by Gasteiger charge is 2.23. The summed E-state index contributed by atoms with van der Waals surface area (Å²) in [4.78, 5) is 13.7. The molecule has 7 heteroatoms. The summed E-state index contributed by atoms with van der Waals surface area (Å²) in [5, 5.41) is 9.93. The summed E-state index contributed by atoms with van der Waals surface area (Å²) in [5.41, 5.74) is 0. The van der Waals surface area contributed by atoms with E-state index >= 15 is 0 Å². The zero-order chi connectivity index (χ0) is 20.1. The molecule has 1 aromatic carbocycles. The van der Waals surface area contributed by atoms with Crippen molar-refractivity contribution in [1.82, 2.24) is 9.97 Å². The Hall–Kier alpha value is -2.54. The van der Waals surface area contributed by atoms with E-state index in [4.69, 9.17) is 14.5 Å². The van der Waals surface area contributed by atoms with Crippen LogP contribution in [0.3, 0.4) is 0 Å². The first-order valence-electron chi connectivity index (χ1n) is 10.5. The van der Waals surface area contributed by atoms with Crippen molar-refractivity contribution < 1.29 is 14.6 Å². The summed E-state index contributed by atoms with van der Waals surface area (Å²) in [5.74, 6) is 3.96. The molecule has 2 saturated heterocycles. The summed E-state index contributed by atoms with van der Waals surface area (Å²) in [6, 6.07) is 9.68. The van der Waals surface area contributed by atoms with Crippen LogP contribution in [0.1, 0.15) is 25.7 Å². The van der Waals surface area contributed by atoms with Crippen LogP contribution in [0.2, 0.25) is 0 Å². The number of ether oxygens (including phenoxy) is 2. The Morgan fingerprint density at radius 1 is 1.00 bits per heavy atom. The second kappa shape index (κ2) is 9.31. The summed E-state index contributed by atoms with van der Waals surface area (Å²) < 4.78 is 11.1. The van der Waals surface area contributed by atoms with Gasteiger partial charge in [-0.05, 0) is 61.9 Å². The molecule has 2 aliphatic heterocycles. The molecule has 0 bridgehead atoms. The molecule has 156 valence electrons. The third-order valence-corrected chi connectivity index (χ3v) is 5.79. The van der Waals surface area contributed by atoms with Gasteiger partial charge in [-0.25, -0.2) is 4.98 Å². The van der Waals surface area contributed by atoms with E-state index in [1.54, 1.807) is 7.11 Å². The van der Waals surface area contributed by atoms with Gasteiger partial charge in [-0.2, -0.15) is 4.98 Å². The van der Waals surface area contributed by atoms with Crippen molar-refractivity contribution >= 4 is 11.8 Å². The normalized spacial score (nSPS) is 20.6. The lowest BCUT2D eigenvalue weighted by molar-refractivity contribution is 0.154. The SMILES string of the molecule is COc1ccc(OCC2CCN(c3nccc(N4CCCC(O)C4)n3)CC2)cc1. The molecule has 0 spiro atoms. The number of benzene rings is 1. The monoisotopic (exact) mass is 398 g/mol. The van der Waals surface area contributed by atoms with Crippen LogP contribution in [0.5, 0.6) is 11.5 Å². The van der Waals surface area contributed by atoms with Crippen molar-refractivity contribution in [2.75, 3.05) is 49.7 Å². The zero-order valence-electron chi connectivity index (χ0n) is 17.0. The highest BCUT2D eigenvalue weighted by atomic mass is 16.5. The molecule has 1 aromatic heterocycles. The first kappa shape index (κ1) is 19.8. The van der Waals surface area contributed by atoms with Crippen molar-refractivity contribution in [3.8, 4) is 11.5 Å². The van der Waals surface area contributed by atoms with E-state index in [0.717, 1.165) is 75.2 Å². The molecule has 7 nitrogen and oxygen atoms in total. The lowest BCUT2D eigenvalue weighted by Crippen LogP contribution is -2.40. The van der Waals surface area contributed by atoms with Crippen molar-refractivity contribution in [2.45, 2.75) is 31.8 Å². The highest BCUT2D eigenvalue weighted by molar-refractivity contribution is 5.44. The van der Waals surface area contributed by atoms with Gasteiger partial charge in [0.1, 0.15) is 17.3 Å². The van der Waals surface area contributed by atoms with Crippen LogP contribution >= 0.6 is 0 Å². The minimum atomic E-state index is -0.261. The molecule has 29 heavy (non-hydrogen) atoms. The predicted octanol–water partition coefficient (Wildman–Crippen LogP) is 2.74. The predicted molar refractivity (Wildman–Crippen MR) is 113 cm³/mol. The van der Waals surface area contributed by atoms with Crippen LogP contribution in [-0.2, 0) is 0 Å². The number of nitrogens with zero attached hydrogens (tertiary/aromatic N) is 4. The van der Waals surface area contributed by atoms with Crippen LogP contribution in [0.15, 0.2) is 36.5 Å². The molecule has 1 atom stereocenters. The second-order valence-corrected chi connectivity index (χ2v) is 7.87. The van der Waals surface area contributed by atoms with Crippen LogP contribution in [-0.4, -0.2) is 61.1 Å². The smallest absolute Gasteiger partial charge is 0.227 e. The van der Waals surface area contributed by atoms with Gasteiger partial charge in [0.25, 0.3) is 0 Å². The molecule has 0 saturated carbocycles. The van der Waals surface area contributed by atoms with Gasteiger partial charge in [-0.3, -0.25) is 0 Å². The van der Waals surface area contributed by atoms with Gasteiger partial charge in [0.05, 0.1) is 19.8 Å². The van der Waals surface area contributed by atoms with Crippen molar-refractivity contribution in [2.24, 2.45) is 5.92 Å². The average Bonchev–Trinajstić information content (AvgIpc) is 2.78. The maximum atomic E-state index is 9.93. The van der Waals surface area contributed by atoms with Gasteiger partial charge in [0.15, 0.2) is 0 Å². The fraction of sp³-hybridized carbons (Fsp3) is 0.545. The van der Waals surface area contributed by atoms with Crippen LogP contribution < -0.4 is 19.3 Å². The number of rotatable bonds is 6. The van der Waals surface area contributed by atoms with Crippen LogP contribution in [0, 0.1) is 5.92 Å². The standard InChI is InChI=1S/C22H30N4O3/c1-28-19-4-6-20(7-5-19)29-16-17-9-13-25(14-10-17)22-23-11-8-21(24-22)26-12-2-3-18(27)15-26/h4-8,11,17-18,27H,2-3,9-10,12-16H2,1H3. The summed E-state index contributed by atoms with van der Waals surface area (Å²) in [6.45, 7) is 4.19. The van der Waals surface area contributed by atoms with E-state index in [1.807, 2.05) is 36.5 Å². The lowest BCUT2D eigenvalue weighted by atomic mass is 9.98. The van der Waals surface area contributed by atoms with Crippen molar-refractivity contribution in [3.05, 3.63) is 36.5 Å². The lowest BCUT2D eigenvalue weighted by Gasteiger charge is -2.34. The third kappa shape index (κ3) is 5.09. The highest BCUT2D eigenvalue weighted by Crippen LogP contribution is 2.25. The number of aliphatic hydroxyl groups is 1. The Morgan fingerprint density at radius 2 is 1.76 bits per heavy atom. The Labute approximate surface area is 172 Å². The fourth-order valence-corrected chi connectivity index (χ4v) is 4.02. The minimum Gasteiger partial charge on any atom is -0.497 e. The van der Waals surface area contributed by atoms with E-state index in [0.29, 0.717) is 12.5 Å². The van der Waals surface area contributed by atoms with Gasteiger partial charge in [0, 0.05) is 32.4 Å². The summed E-state index contributed by atoms with van der Waals surface area (Å²) in [7, 11) is 1.67. The molecule has 2 aliphatic rings. The summed E-state index contributed by atoms with van der Waals surface area (Å²) in [6.07, 6.45) is 5.57. The Morgan fingerprint density at radius 3 is 2.48 bits per heavy atom. The van der Waals surface area contributed by atoms with Gasteiger partial charge >= 0.3 is 0 Å². The average molecular weight is 399 g/mol.